The maximum absolute atomic E-state index is 13.8. The molecule has 0 aliphatic rings. The van der Waals surface area contributed by atoms with Gasteiger partial charge in [-0.2, -0.15) is 0 Å². The van der Waals surface area contributed by atoms with Crippen LogP contribution in [0.4, 0.5) is 10.1 Å². The minimum atomic E-state index is -0.527. The highest BCUT2D eigenvalue weighted by atomic mass is 32.2. The number of hydrogen-bond donors (Lipinski definition) is 1. The number of anilines is 1. The molecule has 4 aromatic rings. The summed E-state index contributed by atoms with van der Waals surface area (Å²) in [6.07, 6.45) is 2.87. The first-order valence-corrected chi connectivity index (χ1v) is 10.6. The van der Waals surface area contributed by atoms with E-state index in [0.717, 1.165) is 17.3 Å². The van der Waals surface area contributed by atoms with Crippen LogP contribution >= 0.6 is 11.8 Å². The molecule has 0 saturated carbocycles. The van der Waals surface area contributed by atoms with Crippen LogP contribution in [0, 0.1) is 5.82 Å². The Bertz CT molecular complexity index is 1330. The van der Waals surface area contributed by atoms with Gasteiger partial charge in [0.1, 0.15) is 11.6 Å². The lowest BCUT2D eigenvalue weighted by Crippen LogP contribution is -2.26. The van der Waals surface area contributed by atoms with Gasteiger partial charge in [-0.15, -0.1) is 0 Å². The molecule has 0 unspecified atom stereocenters. The van der Waals surface area contributed by atoms with Gasteiger partial charge in [0.05, 0.1) is 25.1 Å². The molecule has 0 atom stereocenters. The average Bonchev–Trinajstić information content (AvgIpc) is 2.82. The standard InChI is InChI=1S/C22H18FN5O3S/c1-31-15-8-6-14(7-9-15)12-28-21(30)19-20(25-11-10-24-19)27-22(28)32-13-18(29)26-17-5-3-2-4-16(17)23/h2-11H,12-13H2,1H3,(H,26,29). The Labute approximate surface area is 186 Å². The van der Waals surface area contributed by atoms with Crippen LogP contribution in [0.1, 0.15) is 5.56 Å². The molecule has 0 saturated heterocycles. The zero-order chi connectivity index (χ0) is 22.5. The van der Waals surface area contributed by atoms with Gasteiger partial charge < -0.3 is 10.1 Å². The smallest absolute Gasteiger partial charge is 0.282 e. The topological polar surface area (TPSA) is 99.0 Å². The van der Waals surface area contributed by atoms with Crippen LogP contribution in [0.25, 0.3) is 11.2 Å². The fraction of sp³-hybridized carbons (Fsp3) is 0.136. The molecular weight excluding hydrogens is 433 g/mol. The van der Waals surface area contributed by atoms with Crippen molar-refractivity contribution in [3.63, 3.8) is 0 Å². The first-order valence-electron chi connectivity index (χ1n) is 9.57. The van der Waals surface area contributed by atoms with Gasteiger partial charge in [0, 0.05) is 12.4 Å². The third-order valence-corrected chi connectivity index (χ3v) is 5.52. The fourth-order valence-corrected chi connectivity index (χ4v) is 3.76. The first kappa shape index (κ1) is 21.4. The predicted octanol–water partition coefficient (Wildman–Crippen LogP) is 3.11. The van der Waals surface area contributed by atoms with Crippen molar-refractivity contribution in [1.29, 1.82) is 0 Å². The Balaban J connectivity index is 1.61. The summed E-state index contributed by atoms with van der Waals surface area (Å²) in [5, 5.41) is 2.83. The van der Waals surface area contributed by atoms with Gasteiger partial charge in [0.15, 0.2) is 16.3 Å². The summed E-state index contributed by atoms with van der Waals surface area (Å²) in [7, 11) is 1.58. The molecule has 0 aliphatic heterocycles. The van der Waals surface area contributed by atoms with Gasteiger partial charge in [-0.25, -0.2) is 19.3 Å². The number of ether oxygens (including phenoxy) is 1. The van der Waals surface area contributed by atoms with E-state index >= 15 is 0 Å². The molecule has 2 aromatic carbocycles. The number of thioether (sulfide) groups is 1. The van der Waals surface area contributed by atoms with Crippen molar-refractivity contribution in [2.75, 3.05) is 18.2 Å². The van der Waals surface area contributed by atoms with Crippen molar-refractivity contribution in [3.8, 4) is 5.75 Å². The van der Waals surface area contributed by atoms with E-state index in [-0.39, 0.29) is 34.7 Å². The second kappa shape index (κ2) is 9.56. The molecule has 2 heterocycles. The van der Waals surface area contributed by atoms with Gasteiger partial charge >= 0.3 is 0 Å². The van der Waals surface area contributed by atoms with E-state index < -0.39 is 11.7 Å². The number of hydrogen-bond acceptors (Lipinski definition) is 7. The largest absolute Gasteiger partial charge is 0.497 e. The highest BCUT2D eigenvalue weighted by molar-refractivity contribution is 7.99. The monoisotopic (exact) mass is 451 g/mol. The molecule has 32 heavy (non-hydrogen) atoms. The van der Waals surface area contributed by atoms with E-state index in [9.17, 15) is 14.0 Å². The summed E-state index contributed by atoms with van der Waals surface area (Å²) >= 11 is 1.06. The summed E-state index contributed by atoms with van der Waals surface area (Å²) in [5.41, 5.74) is 0.902. The number of carbonyl (C=O) groups excluding carboxylic acids is 1. The minimum Gasteiger partial charge on any atom is -0.497 e. The molecule has 0 bridgehead atoms. The minimum absolute atomic E-state index is 0.0743. The van der Waals surface area contributed by atoms with Crippen molar-refractivity contribution in [2.24, 2.45) is 0 Å². The zero-order valence-electron chi connectivity index (χ0n) is 17.0. The molecule has 0 radical (unpaired) electrons. The van der Waals surface area contributed by atoms with Crippen molar-refractivity contribution >= 4 is 34.5 Å². The number of methoxy groups -OCH3 is 1. The number of fused-ring (bicyclic) bond motifs is 1. The highest BCUT2D eigenvalue weighted by Crippen LogP contribution is 2.20. The fourth-order valence-electron chi connectivity index (χ4n) is 2.97. The highest BCUT2D eigenvalue weighted by Gasteiger charge is 2.16. The number of halogens is 1. The number of aromatic nitrogens is 4. The Morgan fingerprint density at radius 3 is 2.62 bits per heavy atom. The molecule has 0 spiro atoms. The van der Waals surface area contributed by atoms with E-state index in [1.807, 2.05) is 12.1 Å². The Kier molecular flexibility index (Phi) is 6.41. The Morgan fingerprint density at radius 1 is 1.12 bits per heavy atom. The van der Waals surface area contributed by atoms with Crippen molar-refractivity contribution in [2.45, 2.75) is 11.7 Å². The quantitative estimate of drug-likeness (QED) is 0.340. The Hall–Kier alpha value is -3.79. The predicted molar refractivity (Wildman–Crippen MR) is 119 cm³/mol. The van der Waals surface area contributed by atoms with E-state index in [2.05, 4.69) is 20.3 Å². The molecule has 0 fully saturated rings. The van der Waals surface area contributed by atoms with Gasteiger partial charge in [0.25, 0.3) is 5.56 Å². The van der Waals surface area contributed by atoms with E-state index in [4.69, 9.17) is 4.74 Å². The van der Waals surface area contributed by atoms with Gasteiger partial charge in [-0.05, 0) is 29.8 Å². The first-order chi connectivity index (χ1) is 15.5. The molecule has 4 rings (SSSR count). The maximum atomic E-state index is 13.8. The summed E-state index contributed by atoms with van der Waals surface area (Å²) < 4.78 is 20.4. The normalized spacial score (nSPS) is 10.8. The van der Waals surface area contributed by atoms with Gasteiger partial charge in [0.2, 0.25) is 5.91 Å². The lowest BCUT2D eigenvalue weighted by molar-refractivity contribution is -0.113. The van der Waals surface area contributed by atoms with Crippen LogP contribution in [0.2, 0.25) is 0 Å². The molecule has 10 heteroatoms. The zero-order valence-corrected chi connectivity index (χ0v) is 17.8. The third kappa shape index (κ3) is 4.75. The lowest BCUT2D eigenvalue weighted by atomic mass is 10.2. The van der Waals surface area contributed by atoms with E-state index in [1.165, 1.54) is 35.2 Å². The number of para-hydroxylation sites is 1. The number of nitrogens with zero attached hydrogens (tertiary/aromatic N) is 4. The van der Waals surface area contributed by atoms with E-state index in [1.54, 1.807) is 25.3 Å². The summed E-state index contributed by atoms with van der Waals surface area (Å²) in [5.74, 6) is -0.330. The summed E-state index contributed by atoms with van der Waals surface area (Å²) in [6.45, 7) is 0.222. The van der Waals surface area contributed by atoms with Crippen LogP contribution < -0.4 is 15.6 Å². The number of rotatable bonds is 7. The Morgan fingerprint density at radius 2 is 1.88 bits per heavy atom. The van der Waals surface area contributed by atoms with Crippen molar-refractivity contribution in [1.82, 2.24) is 19.5 Å². The second-order valence-corrected chi connectivity index (χ2v) is 7.62. The van der Waals surface area contributed by atoms with Crippen molar-refractivity contribution < 1.29 is 13.9 Å². The van der Waals surface area contributed by atoms with Gasteiger partial charge in [-0.1, -0.05) is 36.0 Å². The van der Waals surface area contributed by atoms with Crippen LogP contribution in [-0.2, 0) is 11.3 Å². The molecule has 2 aromatic heterocycles. The molecule has 1 N–H and O–H groups in total. The number of amides is 1. The van der Waals surface area contributed by atoms with Gasteiger partial charge in [-0.3, -0.25) is 14.2 Å². The third-order valence-electron chi connectivity index (χ3n) is 4.54. The summed E-state index contributed by atoms with van der Waals surface area (Å²) in [4.78, 5) is 38.1. The van der Waals surface area contributed by atoms with E-state index in [0.29, 0.717) is 10.9 Å². The molecule has 1 amide bonds. The lowest BCUT2D eigenvalue weighted by Gasteiger charge is -2.13. The van der Waals surface area contributed by atoms with Crippen LogP contribution in [-0.4, -0.2) is 38.3 Å². The summed E-state index contributed by atoms with van der Waals surface area (Å²) in [6, 6.07) is 13.2. The second-order valence-electron chi connectivity index (χ2n) is 6.68. The maximum Gasteiger partial charge on any atom is 0.282 e. The number of nitrogens with one attached hydrogen (secondary N) is 1. The SMILES string of the molecule is COc1ccc(Cn2c(SCC(=O)Nc3ccccc3F)nc3nccnc3c2=O)cc1. The van der Waals surface area contributed by atoms with Crippen LogP contribution in [0.5, 0.6) is 5.75 Å². The molecular formula is C22H18FN5O3S. The van der Waals surface area contributed by atoms with Crippen LogP contribution in [0.3, 0.4) is 0 Å². The average molecular weight is 451 g/mol. The molecule has 0 aliphatic carbocycles. The van der Waals surface area contributed by atoms with Crippen molar-refractivity contribution in [3.05, 3.63) is 82.7 Å². The molecule has 8 nitrogen and oxygen atoms in total. The number of benzene rings is 2. The number of carbonyl (C=O) groups is 1. The molecule has 162 valence electrons. The van der Waals surface area contributed by atoms with Crippen LogP contribution in [0.15, 0.2) is 70.9 Å².